The summed E-state index contributed by atoms with van der Waals surface area (Å²) in [5, 5.41) is 0. The summed E-state index contributed by atoms with van der Waals surface area (Å²) in [5.74, 6) is 2.17. The van der Waals surface area contributed by atoms with Crippen LogP contribution in [-0.2, 0) is 17.9 Å². The first-order chi connectivity index (χ1) is 9.28. The van der Waals surface area contributed by atoms with Crippen molar-refractivity contribution in [1.82, 2.24) is 14.5 Å². The van der Waals surface area contributed by atoms with Crippen molar-refractivity contribution < 1.29 is 4.79 Å². The Bertz CT molecular complexity index is 448. The number of hydrogen-bond acceptors (Lipinski definition) is 3. The van der Waals surface area contributed by atoms with Crippen LogP contribution in [0.5, 0.6) is 0 Å². The van der Waals surface area contributed by atoms with Gasteiger partial charge in [0.15, 0.2) is 0 Å². The second-order valence-corrected chi connectivity index (χ2v) is 5.75. The van der Waals surface area contributed by atoms with Gasteiger partial charge in [-0.15, -0.1) is 0 Å². The summed E-state index contributed by atoms with van der Waals surface area (Å²) >= 11 is 0. The number of amides is 1. The Kier molecular flexibility index (Phi) is 3.55. The SMILES string of the molecule is NCC1CCC(C(=O)N2CCn3ccnc3C2)CC1. The average Bonchev–Trinajstić information content (AvgIpc) is 2.94. The lowest BCUT2D eigenvalue weighted by molar-refractivity contribution is -0.138. The minimum atomic E-state index is 0.212. The van der Waals surface area contributed by atoms with Crippen LogP contribution in [0.1, 0.15) is 31.5 Å². The molecule has 2 N–H and O–H groups in total. The first kappa shape index (κ1) is 12.7. The van der Waals surface area contributed by atoms with Crippen molar-refractivity contribution in [3.05, 3.63) is 18.2 Å². The molecule has 2 heterocycles. The maximum absolute atomic E-state index is 12.5. The Hall–Kier alpha value is -1.36. The Morgan fingerprint density at radius 2 is 2.11 bits per heavy atom. The first-order valence-corrected chi connectivity index (χ1v) is 7.27. The van der Waals surface area contributed by atoms with Gasteiger partial charge >= 0.3 is 0 Å². The molecule has 3 rings (SSSR count). The zero-order chi connectivity index (χ0) is 13.2. The number of nitrogens with two attached hydrogens (primary N) is 1. The summed E-state index contributed by atoms with van der Waals surface area (Å²) in [4.78, 5) is 18.8. The van der Waals surface area contributed by atoms with E-state index in [1.54, 1.807) is 0 Å². The van der Waals surface area contributed by atoms with E-state index in [-0.39, 0.29) is 5.92 Å². The van der Waals surface area contributed by atoms with E-state index in [9.17, 15) is 4.79 Å². The van der Waals surface area contributed by atoms with Crippen molar-refractivity contribution in [3.8, 4) is 0 Å². The summed E-state index contributed by atoms with van der Waals surface area (Å²) in [5.41, 5.74) is 5.70. The highest BCUT2D eigenvalue weighted by atomic mass is 16.2. The minimum absolute atomic E-state index is 0.212. The van der Waals surface area contributed by atoms with Crippen molar-refractivity contribution in [2.45, 2.75) is 38.8 Å². The largest absolute Gasteiger partial charge is 0.333 e. The third kappa shape index (κ3) is 2.52. The first-order valence-electron chi connectivity index (χ1n) is 7.27. The molecule has 0 bridgehead atoms. The summed E-state index contributed by atoms with van der Waals surface area (Å²) in [7, 11) is 0. The van der Waals surface area contributed by atoms with Crippen molar-refractivity contribution in [3.63, 3.8) is 0 Å². The highest BCUT2D eigenvalue weighted by Crippen LogP contribution is 2.30. The van der Waals surface area contributed by atoms with E-state index in [0.29, 0.717) is 18.4 Å². The molecule has 0 unspecified atom stereocenters. The fourth-order valence-corrected chi connectivity index (χ4v) is 3.26. The van der Waals surface area contributed by atoms with Crippen LogP contribution in [0.3, 0.4) is 0 Å². The van der Waals surface area contributed by atoms with Crippen LogP contribution < -0.4 is 5.73 Å². The molecule has 104 valence electrons. The number of carbonyl (C=O) groups is 1. The van der Waals surface area contributed by atoms with Crippen LogP contribution in [0.2, 0.25) is 0 Å². The summed E-state index contributed by atoms with van der Waals surface area (Å²) < 4.78 is 2.13. The van der Waals surface area contributed by atoms with Gasteiger partial charge in [0.05, 0.1) is 6.54 Å². The highest BCUT2D eigenvalue weighted by Gasteiger charge is 2.30. The third-order valence-electron chi connectivity index (χ3n) is 4.59. The second kappa shape index (κ2) is 5.33. The lowest BCUT2D eigenvalue weighted by atomic mass is 9.81. The molecule has 1 fully saturated rings. The molecule has 5 nitrogen and oxygen atoms in total. The van der Waals surface area contributed by atoms with Crippen molar-refractivity contribution in [1.29, 1.82) is 0 Å². The van der Waals surface area contributed by atoms with Crippen LogP contribution in [0.25, 0.3) is 0 Å². The van der Waals surface area contributed by atoms with Gasteiger partial charge in [-0.3, -0.25) is 4.79 Å². The van der Waals surface area contributed by atoms with Crippen molar-refractivity contribution >= 4 is 5.91 Å². The van der Waals surface area contributed by atoms with Gasteiger partial charge in [0, 0.05) is 31.4 Å². The Morgan fingerprint density at radius 3 is 2.84 bits per heavy atom. The molecule has 2 aliphatic rings. The third-order valence-corrected chi connectivity index (χ3v) is 4.59. The van der Waals surface area contributed by atoms with Crippen molar-refractivity contribution in [2.24, 2.45) is 17.6 Å². The monoisotopic (exact) mass is 262 g/mol. The number of rotatable bonds is 2. The summed E-state index contributed by atoms with van der Waals surface area (Å²) in [6.07, 6.45) is 8.03. The number of nitrogens with zero attached hydrogens (tertiary/aromatic N) is 3. The fourth-order valence-electron chi connectivity index (χ4n) is 3.26. The summed E-state index contributed by atoms with van der Waals surface area (Å²) in [6.45, 7) is 3.13. The van der Waals surface area contributed by atoms with E-state index < -0.39 is 0 Å². The standard InChI is InChI=1S/C14H22N4O/c15-9-11-1-3-12(4-2-11)14(19)18-8-7-17-6-5-16-13(17)10-18/h5-6,11-12H,1-4,7-10,15H2. The molecular formula is C14H22N4O. The predicted octanol–water partition coefficient (Wildman–Crippen LogP) is 0.990. The second-order valence-electron chi connectivity index (χ2n) is 5.75. The molecule has 0 atom stereocenters. The zero-order valence-electron chi connectivity index (χ0n) is 11.3. The molecule has 0 radical (unpaired) electrons. The topological polar surface area (TPSA) is 64.2 Å². The molecule has 1 aromatic heterocycles. The number of fused-ring (bicyclic) bond motifs is 1. The van der Waals surface area contributed by atoms with Crippen LogP contribution in [0, 0.1) is 11.8 Å². The maximum Gasteiger partial charge on any atom is 0.226 e. The van der Waals surface area contributed by atoms with Gasteiger partial charge in [-0.25, -0.2) is 4.98 Å². The molecule has 1 amide bonds. The quantitative estimate of drug-likeness (QED) is 0.864. The maximum atomic E-state index is 12.5. The van der Waals surface area contributed by atoms with Crippen LogP contribution in [-0.4, -0.2) is 33.4 Å². The van der Waals surface area contributed by atoms with Gasteiger partial charge in [0.1, 0.15) is 5.82 Å². The smallest absolute Gasteiger partial charge is 0.226 e. The van der Waals surface area contributed by atoms with E-state index >= 15 is 0 Å². The number of aromatic nitrogens is 2. The number of carbonyl (C=O) groups excluding carboxylic acids is 1. The van der Waals surface area contributed by atoms with Crippen LogP contribution in [0.15, 0.2) is 12.4 Å². The van der Waals surface area contributed by atoms with Crippen molar-refractivity contribution in [2.75, 3.05) is 13.1 Å². The Labute approximate surface area is 113 Å². The molecule has 1 aliphatic heterocycles. The van der Waals surface area contributed by atoms with E-state index in [4.69, 9.17) is 5.73 Å². The Morgan fingerprint density at radius 1 is 1.32 bits per heavy atom. The lowest BCUT2D eigenvalue weighted by Crippen LogP contribution is -2.42. The average molecular weight is 262 g/mol. The molecule has 5 heteroatoms. The molecular weight excluding hydrogens is 240 g/mol. The lowest BCUT2D eigenvalue weighted by Gasteiger charge is -2.33. The van der Waals surface area contributed by atoms with Gasteiger partial charge < -0.3 is 15.2 Å². The van der Waals surface area contributed by atoms with E-state index in [0.717, 1.165) is 51.1 Å². The summed E-state index contributed by atoms with van der Waals surface area (Å²) in [6, 6.07) is 0. The molecule has 0 saturated heterocycles. The van der Waals surface area contributed by atoms with E-state index in [1.165, 1.54) is 0 Å². The van der Waals surface area contributed by atoms with Gasteiger partial charge in [0.25, 0.3) is 0 Å². The fraction of sp³-hybridized carbons (Fsp3) is 0.714. The normalized spacial score (nSPS) is 27.1. The van der Waals surface area contributed by atoms with Gasteiger partial charge in [0.2, 0.25) is 5.91 Å². The molecule has 1 saturated carbocycles. The predicted molar refractivity (Wildman–Crippen MR) is 72.1 cm³/mol. The van der Waals surface area contributed by atoms with E-state index in [1.807, 2.05) is 17.3 Å². The minimum Gasteiger partial charge on any atom is -0.333 e. The Balaban J connectivity index is 1.60. The van der Waals surface area contributed by atoms with Crippen LogP contribution >= 0.6 is 0 Å². The van der Waals surface area contributed by atoms with E-state index in [2.05, 4.69) is 9.55 Å². The highest BCUT2D eigenvalue weighted by molar-refractivity contribution is 5.79. The van der Waals surface area contributed by atoms with Gasteiger partial charge in [-0.2, -0.15) is 0 Å². The number of imidazole rings is 1. The number of hydrogen-bond donors (Lipinski definition) is 1. The van der Waals surface area contributed by atoms with Gasteiger partial charge in [-0.05, 0) is 38.1 Å². The molecule has 0 spiro atoms. The zero-order valence-corrected chi connectivity index (χ0v) is 11.3. The molecule has 1 aliphatic carbocycles. The van der Waals surface area contributed by atoms with Crippen LogP contribution in [0.4, 0.5) is 0 Å². The van der Waals surface area contributed by atoms with Gasteiger partial charge in [-0.1, -0.05) is 0 Å². The molecule has 0 aromatic carbocycles. The molecule has 19 heavy (non-hydrogen) atoms. The molecule has 1 aromatic rings.